The number of hydrogen-bond donors (Lipinski definition) is 2. The van der Waals surface area contributed by atoms with Gasteiger partial charge < -0.3 is 19.4 Å². The lowest BCUT2D eigenvalue weighted by Crippen LogP contribution is -2.38. The number of carbonyl (C=O) groups excluding carboxylic acids is 1. The Bertz CT molecular complexity index is 1170. The number of amides is 1. The zero-order chi connectivity index (χ0) is 22.0. The minimum absolute atomic E-state index is 0.104. The smallest absolute Gasteiger partial charge is 0.298 e. The van der Waals surface area contributed by atoms with E-state index in [1.54, 1.807) is 18.2 Å². The van der Waals surface area contributed by atoms with Gasteiger partial charge in [0.2, 0.25) is 15.9 Å². The molecule has 0 spiro atoms. The van der Waals surface area contributed by atoms with E-state index in [1.807, 2.05) is 29.2 Å². The van der Waals surface area contributed by atoms with Crippen molar-refractivity contribution < 1.29 is 22.4 Å². The topological polar surface area (TPSA) is 114 Å². The van der Waals surface area contributed by atoms with Crippen molar-refractivity contribution >= 4 is 44.4 Å². The van der Waals surface area contributed by atoms with Crippen LogP contribution in [0.2, 0.25) is 0 Å². The summed E-state index contributed by atoms with van der Waals surface area (Å²) in [7, 11) is -2.03. The summed E-state index contributed by atoms with van der Waals surface area (Å²) in [5.74, 6) is 0.108. The Hall–Kier alpha value is -3.27. The lowest BCUT2D eigenvalue weighted by atomic mass is 9.96. The third kappa shape index (κ3) is 4.91. The molecule has 3 aromatic rings. The lowest BCUT2D eigenvalue weighted by Gasteiger charge is -2.30. The van der Waals surface area contributed by atoms with Crippen LogP contribution >= 0.6 is 0 Å². The number of piperidine rings is 1. The maximum absolute atomic E-state index is 12.8. The first-order chi connectivity index (χ1) is 14.8. The monoisotopic (exact) mass is 444 g/mol. The Morgan fingerprint density at radius 1 is 1.19 bits per heavy atom. The molecule has 0 atom stereocenters. The van der Waals surface area contributed by atoms with Crippen molar-refractivity contribution in [3.05, 3.63) is 42.5 Å². The van der Waals surface area contributed by atoms with Crippen LogP contribution in [0.5, 0.6) is 5.75 Å². The van der Waals surface area contributed by atoms with Crippen LogP contribution in [0.4, 0.5) is 17.4 Å². The van der Waals surface area contributed by atoms with Crippen molar-refractivity contribution in [2.45, 2.75) is 12.8 Å². The predicted octanol–water partition coefficient (Wildman–Crippen LogP) is 3.06. The highest BCUT2D eigenvalue weighted by Gasteiger charge is 2.27. The normalized spacial score (nSPS) is 15.1. The predicted molar refractivity (Wildman–Crippen MR) is 119 cm³/mol. The number of carbonyl (C=O) groups is 1. The number of oxazole rings is 1. The standard InChI is InChI=1S/C21H24N4O5S/c1-29-18-8-7-15(13-17(18)24-31(2,27)28)22-20(26)14-9-11-25(12-10-14)21-23-16-5-3-4-6-19(16)30-21/h3-8,13-14,24H,9-12H2,1-2H3,(H,22,26). The molecule has 1 aliphatic heterocycles. The van der Waals surface area contributed by atoms with Crippen LogP contribution in [0.25, 0.3) is 11.1 Å². The van der Waals surface area contributed by atoms with E-state index in [0.29, 0.717) is 43.4 Å². The number of benzene rings is 2. The highest BCUT2D eigenvalue weighted by Crippen LogP contribution is 2.30. The Kier molecular flexibility index (Phi) is 5.73. The number of sulfonamides is 1. The average molecular weight is 445 g/mol. The molecule has 0 radical (unpaired) electrons. The number of anilines is 3. The molecule has 2 heterocycles. The first-order valence-corrected chi connectivity index (χ1v) is 11.8. The molecule has 0 aliphatic carbocycles. The SMILES string of the molecule is COc1ccc(NC(=O)C2CCN(c3nc4ccccc4o3)CC2)cc1NS(C)(=O)=O. The first kappa shape index (κ1) is 21.0. The van der Waals surface area contributed by atoms with Gasteiger partial charge in [-0.3, -0.25) is 9.52 Å². The fraction of sp³-hybridized carbons (Fsp3) is 0.333. The van der Waals surface area contributed by atoms with Gasteiger partial charge in [-0.15, -0.1) is 0 Å². The third-order valence-electron chi connectivity index (χ3n) is 5.18. The summed E-state index contributed by atoms with van der Waals surface area (Å²) in [5.41, 5.74) is 2.33. The first-order valence-electron chi connectivity index (χ1n) is 9.89. The van der Waals surface area contributed by atoms with Crippen molar-refractivity contribution in [1.82, 2.24) is 4.98 Å². The van der Waals surface area contributed by atoms with E-state index in [9.17, 15) is 13.2 Å². The molecule has 0 saturated carbocycles. The molecule has 1 amide bonds. The molecule has 31 heavy (non-hydrogen) atoms. The molecule has 1 saturated heterocycles. The van der Waals surface area contributed by atoms with Gasteiger partial charge in [0.25, 0.3) is 6.01 Å². The summed E-state index contributed by atoms with van der Waals surface area (Å²) in [6, 6.07) is 13.0. The fourth-order valence-electron chi connectivity index (χ4n) is 3.64. The Morgan fingerprint density at radius 2 is 1.94 bits per heavy atom. The molecule has 164 valence electrons. The molecule has 0 unspecified atom stereocenters. The number of para-hydroxylation sites is 2. The molecule has 1 aliphatic rings. The zero-order valence-electron chi connectivity index (χ0n) is 17.3. The number of hydrogen-bond acceptors (Lipinski definition) is 7. The zero-order valence-corrected chi connectivity index (χ0v) is 18.1. The van der Waals surface area contributed by atoms with Gasteiger partial charge in [-0.1, -0.05) is 12.1 Å². The largest absolute Gasteiger partial charge is 0.495 e. The minimum Gasteiger partial charge on any atom is -0.495 e. The van der Waals surface area contributed by atoms with Gasteiger partial charge in [0.05, 0.1) is 19.1 Å². The summed E-state index contributed by atoms with van der Waals surface area (Å²) >= 11 is 0. The van der Waals surface area contributed by atoms with Crippen LogP contribution in [-0.2, 0) is 14.8 Å². The molecule has 10 heteroatoms. The van der Waals surface area contributed by atoms with Crippen LogP contribution in [0.1, 0.15) is 12.8 Å². The van der Waals surface area contributed by atoms with Gasteiger partial charge in [-0.05, 0) is 43.2 Å². The van der Waals surface area contributed by atoms with Gasteiger partial charge in [0.1, 0.15) is 11.3 Å². The number of rotatable bonds is 6. The number of ether oxygens (including phenoxy) is 1. The number of nitrogens with one attached hydrogen (secondary N) is 2. The molecule has 1 fully saturated rings. The van der Waals surface area contributed by atoms with Crippen LogP contribution in [0.15, 0.2) is 46.9 Å². The van der Waals surface area contributed by atoms with Crippen molar-refractivity contribution in [3.63, 3.8) is 0 Å². The van der Waals surface area contributed by atoms with E-state index in [-0.39, 0.29) is 17.5 Å². The van der Waals surface area contributed by atoms with Gasteiger partial charge in [-0.25, -0.2) is 8.42 Å². The molecular weight excluding hydrogens is 420 g/mol. The maximum atomic E-state index is 12.8. The van der Waals surface area contributed by atoms with Crippen molar-refractivity contribution in [3.8, 4) is 5.75 Å². The summed E-state index contributed by atoms with van der Waals surface area (Å²) < 4.78 is 36.6. The van der Waals surface area contributed by atoms with E-state index < -0.39 is 10.0 Å². The van der Waals surface area contributed by atoms with Crippen LogP contribution in [0, 0.1) is 5.92 Å². The van der Waals surface area contributed by atoms with Gasteiger partial charge >= 0.3 is 0 Å². The maximum Gasteiger partial charge on any atom is 0.298 e. The number of aromatic nitrogens is 1. The second-order valence-electron chi connectivity index (χ2n) is 7.50. The van der Waals surface area contributed by atoms with E-state index in [2.05, 4.69) is 15.0 Å². The molecule has 4 rings (SSSR count). The van der Waals surface area contributed by atoms with Crippen LogP contribution in [-0.4, -0.2) is 45.8 Å². The van der Waals surface area contributed by atoms with Crippen LogP contribution in [0.3, 0.4) is 0 Å². The number of fused-ring (bicyclic) bond motifs is 1. The van der Waals surface area contributed by atoms with Gasteiger partial charge in [-0.2, -0.15) is 4.98 Å². The van der Waals surface area contributed by atoms with Gasteiger partial charge in [0, 0.05) is 24.7 Å². The third-order valence-corrected chi connectivity index (χ3v) is 5.77. The quantitative estimate of drug-likeness (QED) is 0.601. The Balaban J connectivity index is 1.39. The molecule has 0 bridgehead atoms. The second-order valence-corrected chi connectivity index (χ2v) is 9.25. The van der Waals surface area contributed by atoms with E-state index >= 15 is 0 Å². The average Bonchev–Trinajstić information content (AvgIpc) is 3.17. The minimum atomic E-state index is -3.48. The molecule has 9 nitrogen and oxygen atoms in total. The van der Waals surface area contributed by atoms with E-state index in [1.165, 1.54) is 7.11 Å². The summed E-state index contributed by atoms with van der Waals surface area (Å²) in [6.07, 6.45) is 2.38. The number of methoxy groups -OCH3 is 1. The van der Waals surface area contributed by atoms with Gasteiger partial charge in [0.15, 0.2) is 5.58 Å². The molecule has 2 aromatic carbocycles. The van der Waals surface area contributed by atoms with Crippen molar-refractivity contribution in [1.29, 1.82) is 0 Å². The van der Waals surface area contributed by atoms with E-state index in [0.717, 1.165) is 17.4 Å². The fourth-order valence-corrected chi connectivity index (χ4v) is 4.20. The molecule has 1 aromatic heterocycles. The Morgan fingerprint density at radius 3 is 2.61 bits per heavy atom. The summed E-state index contributed by atoms with van der Waals surface area (Å²) in [5, 5.41) is 2.88. The Labute approximate surface area is 180 Å². The second kappa shape index (κ2) is 8.46. The summed E-state index contributed by atoms with van der Waals surface area (Å²) in [4.78, 5) is 19.3. The molecule has 2 N–H and O–H groups in total. The lowest BCUT2D eigenvalue weighted by molar-refractivity contribution is -0.120. The van der Waals surface area contributed by atoms with Crippen molar-refractivity contribution in [2.24, 2.45) is 5.92 Å². The van der Waals surface area contributed by atoms with Crippen molar-refractivity contribution in [2.75, 3.05) is 41.4 Å². The highest BCUT2D eigenvalue weighted by atomic mass is 32.2. The highest BCUT2D eigenvalue weighted by molar-refractivity contribution is 7.92. The summed E-state index contributed by atoms with van der Waals surface area (Å²) in [6.45, 7) is 1.32. The number of nitrogens with zero attached hydrogens (tertiary/aromatic N) is 2. The van der Waals surface area contributed by atoms with Crippen LogP contribution < -0.4 is 19.7 Å². The molecular formula is C21H24N4O5S. The van der Waals surface area contributed by atoms with E-state index in [4.69, 9.17) is 9.15 Å².